The Morgan fingerprint density at radius 3 is 2.77 bits per heavy atom. The van der Waals surface area contributed by atoms with Gasteiger partial charge in [0.05, 0.1) is 17.3 Å². The number of carbonyl (C=O) groups excluding carboxylic acids is 1. The number of hydrogen-bond donors (Lipinski definition) is 4. The minimum absolute atomic E-state index is 0.235. The molecule has 4 aromatic rings. The minimum atomic E-state index is -1.53. The Labute approximate surface area is 171 Å². The Kier molecular flexibility index (Phi) is 5.13. The fraction of sp³-hybridized carbons (Fsp3) is 0.105. The third-order valence-corrected chi connectivity index (χ3v) is 4.62. The number of aromatic nitrogens is 5. The van der Waals surface area contributed by atoms with Gasteiger partial charge in [0.25, 0.3) is 5.95 Å². The van der Waals surface area contributed by atoms with Gasteiger partial charge in [-0.2, -0.15) is 14.8 Å². The number of aryl methyl sites for hydroxylation is 1. The highest BCUT2D eigenvalue weighted by Crippen LogP contribution is 2.21. The van der Waals surface area contributed by atoms with Gasteiger partial charge in [-0.1, -0.05) is 30.3 Å². The fourth-order valence-corrected chi connectivity index (χ4v) is 3.10. The number of nitrogens with two attached hydrogens (primary N) is 1. The lowest BCUT2D eigenvalue weighted by molar-refractivity contribution is 0.100. The maximum Gasteiger partial charge on any atom is 0.488 e. The van der Waals surface area contributed by atoms with Gasteiger partial charge < -0.3 is 21.1 Å². The molecule has 2 aromatic heterocycles. The van der Waals surface area contributed by atoms with Crippen molar-refractivity contribution in [2.24, 2.45) is 5.73 Å². The minimum Gasteiger partial charge on any atom is -0.423 e. The number of nitrogens with one attached hydrogen (secondary N) is 1. The molecule has 0 atom stereocenters. The van der Waals surface area contributed by atoms with Gasteiger partial charge in [-0.3, -0.25) is 4.79 Å². The summed E-state index contributed by atoms with van der Waals surface area (Å²) in [5.74, 6) is 0.199. The van der Waals surface area contributed by atoms with Gasteiger partial charge in [-0.05, 0) is 30.1 Å². The lowest BCUT2D eigenvalue weighted by Gasteiger charge is -2.10. The second-order valence-electron chi connectivity index (χ2n) is 6.68. The number of anilines is 1. The zero-order valence-corrected chi connectivity index (χ0v) is 16.0. The van der Waals surface area contributed by atoms with Crippen LogP contribution in [0.1, 0.15) is 21.6 Å². The molecule has 0 fully saturated rings. The highest BCUT2D eigenvalue weighted by molar-refractivity contribution is 6.58. The van der Waals surface area contributed by atoms with Gasteiger partial charge in [0, 0.05) is 11.9 Å². The summed E-state index contributed by atoms with van der Waals surface area (Å²) in [7, 11) is -1.53. The molecular formula is C19H18BN7O3. The van der Waals surface area contributed by atoms with E-state index in [0.29, 0.717) is 40.0 Å². The third-order valence-electron chi connectivity index (χ3n) is 4.62. The largest absolute Gasteiger partial charge is 0.488 e. The van der Waals surface area contributed by atoms with E-state index in [-0.39, 0.29) is 5.95 Å². The fourth-order valence-electron chi connectivity index (χ4n) is 3.10. The van der Waals surface area contributed by atoms with E-state index >= 15 is 0 Å². The summed E-state index contributed by atoms with van der Waals surface area (Å²) in [5, 5.41) is 35.0. The molecule has 0 aliphatic heterocycles. The van der Waals surface area contributed by atoms with Crippen molar-refractivity contribution in [3.8, 4) is 5.95 Å². The van der Waals surface area contributed by atoms with Crippen LogP contribution < -0.4 is 16.5 Å². The molecule has 0 radical (unpaired) electrons. The third kappa shape index (κ3) is 3.71. The van der Waals surface area contributed by atoms with Crippen LogP contribution in [-0.4, -0.2) is 48.0 Å². The molecule has 0 saturated carbocycles. The number of rotatable bonds is 6. The zero-order valence-electron chi connectivity index (χ0n) is 16.0. The molecular weight excluding hydrogens is 385 g/mol. The summed E-state index contributed by atoms with van der Waals surface area (Å²) in [6.45, 7) is 2.16. The summed E-state index contributed by atoms with van der Waals surface area (Å²) in [6, 6.07) is 12.1. The second kappa shape index (κ2) is 7.89. The summed E-state index contributed by atoms with van der Waals surface area (Å²) in [5.41, 5.74) is 8.27. The molecule has 5 N–H and O–H groups in total. The lowest BCUT2D eigenvalue weighted by Crippen LogP contribution is -2.30. The van der Waals surface area contributed by atoms with E-state index in [9.17, 15) is 14.8 Å². The molecule has 0 aliphatic carbocycles. The first-order chi connectivity index (χ1) is 14.4. The molecule has 0 saturated heterocycles. The Hall–Kier alpha value is -3.83. The Bertz CT molecular complexity index is 1240. The van der Waals surface area contributed by atoms with Gasteiger partial charge in [0.15, 0.2) is 5.82 Å². The number of amides is 1. The Morgan fingerprint density at radius 2 is 2.00 bits per heavy atom. The van der Waals surface area contributed by atoms with Crippen LogP contribution >= 0.6 is 0 Å². The number of hydrogen-bond acceptors (Lipinski definition) is 8. The van der Waals surface area contributed by atoms with Crippen LogP contribution in [0.4, 0.5) is 5.82 Å². The molecule has 0 spiro atoms. The summed E-state index contributed by atoms with van der Waals surface area (Å²) in [6.07, 6.45) is 1.54. The number of carbonyl (C=O) groups is 1. The predicted octanol–water partition coefficient (Wildman–Crippen LogP) is -0.0903. The maximum absolute atomic E-state index is 11.6. The van der Waals surface area contributed by atoms with Crippen molar-refractivity contribution in [1.29, 1.82) is 0 Å². The van der Waals surface area contributed by atoms with E-state index in [1.54, 1.807) is 43.3 Å². The number of benzene rings is 2. The van der Waals surface area contributed by atoms with Gasteiger partial charge in [-0.15, -0.1) is 10.2 Å². The molecule has 2 heterocycles. The summed E-state index contributed by atoms with van der Waals surface area (Å²) in [4.78, 5) is 16.2. The topological polar surface area (TPSA) is 152 Å². The first kappa shape index (κ1) is 19.5. The number of fused-ring (bicyclic) bond motifs is 1. The normalized spacial score (nSPS) is 10.9. The van der Waals surface area contributed by atoms with E-state index in [4.69, 9.17) is 5.73 Å². The van der Waals surface area contributed by atoms with Crippen LogP contribution in [0.25, 0.3) is 16.9 Å². The summed E-state index contributed by atoms with van der Waals surface area (Å²) < 4.78 is 1.49. The van der Waals surface area contributed by atoms with Crippen molar-refractivity contribution >= 4 is 35.2 Å². The van der Waals surface area contributed by atoms with Crippen molar-refractivity contribution in [1.82, 2.24) is 25.0 Å². The molecule has 30 heavy (non-hydrogen) atoms. The first-order valence-corrected chi connectivity index (χ1v) is 9.11. The van der Waals surface area contributed by atoms with Gasteiger partial charge in [0.2, 0.25) is 5.91 Å². The monoisotopic (exact) mass is 403 g/mol. The van der Waals surface area contributed by atoms with Crippen LogP contribution in [-0.2, 0) is 6.54 Å². The van der Waals surface area contributed by atoms with Crippen molar-refractivity contribution in [3.63, 3.8) is 0 Å². The average molecular weight is 403 g/mol. The van der Waals surface area contributed by atoms with E-state index < -0.39 is 13.0 Å². The van der Waals surface area contributed by atoms with Crippen molar-refractivity contribution < 1.29 is 14.8 Å². The van der Waals surface area contributed by atoms with E-state index in [2.05, 4.69) is 25.6 Å². The average Bonchev–Trinajstić information content (AvgIpc) is 3.17. The highest BCUT2D eigenvalue weighted by atomic mass is 16.4. The quantitative estimate of drug-likeness (QED) is 0.326. The smallest absolute Gasteiger partial charge is 0.423 e. The molecule has 0 bridgehead atoms. The number of primary amides is 1. The summed E-state index contributed by atoms with van der Waals surface area (Å²) >= 11 is 0. The van der Waals surface area contributed by atoms with Gasteiger partial charge >= 0.3 is 7.12 Å². The highest BCUT2D eigenvalue weighted by Gasteiger charge is 2.15. The Morgan fingerprint density at radius 1 is 1.20 bits per heavy atom. The van der Waals surface area contributed by atoms with Crippen molar-refractivity contribution in [2.45, 2.75) is 13.5 Å². The lowest BCUT2D eigenvalue weighted by atomic mass is 9.80. The molecule has 0 aliphatic rings. The Balaban J connectivity index is 1.64. The molecule has 150 valence electrons. The molecule has 0 unspecified atom stereocenters. The molecule has 2 aromatic carbocycles. The predicted molar refractivity (Wildman–Crippen MR) is 111 cm³/mol. The second-order valence-corrected chi connectivity index (χ2v) is 6.68. The van der Waals surface area contributed by atoms with E-state index in [0.717, 1.165) is 5.56 Å². The standard InChI is InChI=1S/C19H18BN7O3/c1-11-18(22-9-12-4-2-5-13(8-12)20(29)30)24-19(26-25-11)27-16-7-3-6-14(17(21)28)15(16)10-23-27/h2-8,10,29-30H,9H2,1H3,(H2,21,28)(H,22,24,26). The van der Waals surface area contributed by atoms with Crippen LogP contribution in [0.15, 0.2) is 48.7 Å². The van der Waals surface area contributed by atoms with E-state index in [1.807, 2.05) is 6.07 Å². The van der Waals surface area contributed by atoms with Crippen LogP contribution in [0, 0.1) is 6.92 Å². The van der Waals surface area contributed by atoms with Crippen LogP contribution in [0.3, 0.4) is 0 Å². The van der Waals surface area contributed by atoms with E-state index in [1.165, 1.54) is 10.9 Å². The number of nitrogens with zero attached hydrogens (tertiary/aromatic N) is 5. The van der Waals surface area contributed by atoms with Gasteiger partial charge in [0.1, 0.15) is 5.69 Å². The maximum atomic E-state index is 11.6. The molecule has 10 nitrogen and oxygen atoms in total. The molecule has 1 amide bonds. The SMILES string of the molecule is Cc1nnc(-n2ncc3c(C(N)=O)cccc32)nc1NCc1cccc(B(O)O)c1. The van der Waals surface area contributed by atoms with Crippen molar-refractivity contribution in [2.75, 3.05) is 5.32 Å². The molecule has 11 heteroatoms. The van der Waals surface area contributed by atoms with Gasteiger partial charge in [-0.25, -0.2) is 0 Å². The van der Waals surface area contributed by atoms with Crippen LogP contribution in [0.2, 0.25) is 0 Å². The zero-order chi connectivity index (χ0) is 21.3. The molecule has 4 rings (SSSR count). The van der Waals surface area contributed by atoms with Crippen LogP contribution in [0.5, 0.6) is 0 Å². The first-order valence-electron chi connectivity index (χ1n) is 9.11. The van der Waals surface area contributed by atoms with Crippen molar-refractivity contribution in [3.05, 3.63) is 65.5 Å².